The fourth-order valence-corrected chi connectivity index (χ4v) is 1.95. The predicted octanol–water partition coefficient (Wildman–Crippen LogP) is 1.14. The van der Waals surface area contributed by atoms with Crippen LogP contribution in [-0.4, -0.2) is 33.6 Å². The van der Waals surface area contributed by atoms with Gasteiger partial charge in [-0.15, -0.1) is 0 Å². The zero-order chi connectivity index (χ0) is 14.0. The first-order valence-corrected chi connectivity index (χ1v) is 6.13. The Morgan fingerprint density at radius 3 is 2.95 bits per heavy atom. The first-order valence-electron chi connectivity index (χ1n) is 5.76. The molecule has 1 unspecified atom stereocenters. The Morgan fingerprint density at radius 1 is 1.68 bits per heavy atom. The van der Waals surface area contributed by atoms with Crippen LogP contribution < -0.4 is 5.32 Å². The molecule has 1 amide bonds. The molecule has 0 aliphatic heterocycles. The van der Waals surface area contributed by atoms with Gasteiger partial charge in [-0.25, -0.2) is 4.98 Å². The van der Waals surface area contributed by atoms with Crippen molar-refractivity contribution in [3.63, 3.8) is 0 Å². The molecule has 1 aromatic heterocycles. The molecule has 2 rings (SSSR count). The third-order valence-corrected chi connectivity index (χ3v) is 3.22. The van der Waals surface area contributed by atoms with Gasteiger partial charge in [0.15, 0.2) is 0 Å². The summed E-state index contributed by atoms with van der Waals surface area (Å²) in [5.41, 5.74) is -0.685. The van der Waals surface area contributed by atoms with Crippen molar-refractivity contribution in [2.75, 3.05) is 6.54 Å². The monoisotopic (exact) mass is 285 g/mol. The average Bonchev–Trinajstić information content (AvgIpc) is 3.18. The Labute approximate surface area is 113 Å². The van der Waals surface area contributed by atoms with E-state index in [1.165, 1.54) is 12.3 Å². The molecular weight excluding hydrogens is 274 g/mol. The van der Waals surface area contributed by atoms with Crippen molar-refractivity contribution in [2.24, 2.45) is 5.92 Å². The SMILES string of the molecule is O=C(NCC(O)C1CC1)c1ccnc(Cl)c1[N+](=O)[O-]. The lowest BCUT2D eigenvalue weighted by Crippen LogP contribution is -2.33. The number of amides is 1. The third-order valence-electron chi connectivity index (χ3n) is 2.94. The summed E-state index contributed by atoms with van der Waals surface area (Å²) in [6.45, 7) is 0.0700. The van der Waals surface area contributed by atoms with Crippen LogP contribution >= 0.6 is 11.6 Å². The number of hydrogen-bond donors (Lipinski definition) is 2. The molecule has 1 atom stereocenters. The van der Waals surface area contributed by atoms with Crippen molar-refractivity contribution in [3.05, 3.63) is 33.1 Å². The van der Waals surface area contributed by atoms with Gasteiger partial charge in [-0.1, -0.05) is 11.6 Å². The van der Waals surface area contributed by atoms with Gasteiger partial charge < -0.3 is 10.4 Å². The van der Waals surface area contributed by atoms with E-state index < -0.39 is 22.6 Å². The largest absolute Gasteiger partial charge is 0.391 e. The molecule has 8 heteroatoms. The van der Waals surface area contributed by atoms with Crippen LogP contribution in [0, 0.1) is 16.0 Å². The molecule has 0 aromatic carbocycles. The zero-order valence-electron chi connectivity index (χ0n) is 9.88. The first kappa shape index (κ1) is 13.7. The maximum Gasteiger partial charge on any atom is 0.319 e. The van der Waals surface area contributed by atoms with Crippen LogP contribution in [0.15, 0.2) is 12.3 Å². The van der Waals surface area contributed by atoms with Gasteiger partial charge in [-0.05, 0) is 24.8 Å². The quantitative estimate of drug-likeness (QED) is 0.479. The molecule has 0 bridgehead atoms. The van der Waals surface area contributed by atoms with Gasteiger partial charge in [-0.2, -0.15) is 0 Å². The van der Waals surface area contributed by atoms with Crippen LogP contribution in [0.1, 0.15) is 23.2 Å². The van der Waals surface area contributed by atoms with Crippen molar-refractivity contribution in [1.82, 2.24) is 10.3 Å². The van der Waals surface area contributed by atoms with Crippen LogP contribution in [0.5, 0.6) is 0 Å². The van der Waals surface area contributed by atoms with Gasteiger partial charge in [0.05, 0.1) is 11.0 Å². The molecule has 0 spiro atoms. The number of pyridine rings is 1. The normalized spacial score (nSPS) is 15.9. The summed E-state index contributed by atoms with van der Waals surface area (Å²) in [5, 5.41) is 22.6. The Balaban J connectivity index is 2.09. The highest BCUT2D eigenvalue weighted by Gasteiger charge is 2.31. The van der Waals surface area contributed by atoms with Gasteiger partial charge in [-0.3, -0.25) is 14.9 Å². The summed E-state index contributed by atoms with van der Waals surface area (Å²) in [4.78, 5) is 25.5. The molecule has 7 nitrogen and oxygen atoms in total. The Kier molecular flexibility index (Phi) is 3.96. The van der Waals surface area contributed by atoms with E-state index in [2.05, 4.69) is 10.3 Å². The minimum atomic E-state index is -0.748. The highest BCUT2D eigenvalue weighted by Crippen LogP contribution is 2.32. The number of hydrogen-bond acceptors (Lipinski definition) is 5. The summed E-state index contributed by atoms with van der Waals surface area (Å²) >= 11 is 5.61. The van der Waals surface area contributed by atoms with E-state index in [9.17, 15) is 20.0 Å². The molecular formula is C11H12ClN3O4. The van der Waals surface area contributed by atoms with Gasteiger partial charge in [0.2, 0.25) is 5.15 Å². The number of nitrogens with zero attached hydrogens (tertiary/aromatic N) is 2. The lowest BCUT2D eigenvalue weighted by molar-refractivity contribution is -0.385. The van der Waals surface area contributed by atoms with Gasteiger partial charge >= 0.3 is 5.69 Å². The van der Waals surface area contributed by atoms with Crippen LogP contribution in [0.3, 0.4) is 0 Å². The molecule has 1 aromatic rings. The van der Waals surface area contributed by atoms with Crippen LogP contribution in [0.4, 0.5) is 5.69 Å². The number of carbonyl (C=O) groups excluding carboxylic acids is 1. The summed E-state index contributed by atoms with van der Waals surface area (Å²) in [6, 6.07) is 1.23. The number of rotatable bonds is 5. The topological polar surface area (TPSA) is 105 Å². The summed E-state index contributed by atoms with van der Waals surface area (Å²) in [7, 11) is 0. The second-order valence-electron chi connectivity index (χ2n) is 4.37. The van der Waals surface area contributed by atoms with E-state index >= 15 is 0 Å². The molecule has 19 heavy (non-hydrogen) atoms. The molecule has 0 radical (unpaired) electrons. The number of aromatic nitrogens is 1. The average molecular weight is 286 g/mol. The maximum atomic E-state index is 11.9. The van der Waals surface area contributed by atoms with Gasteiger partial charge in [0, 0.05) is 12.7 Å². The van der Waals surface area contributed by atoms with E-state index in [1.54, 1.807) is 0 Å². The molecule has 1 saturated carbocycles. The number of halogens is 1. The van der Waals surface area contributed by atoms with Crippen LogP contribution in [0.2, 0.25) is 5.15 Å². The van der Waals surface area contributed by atoms with Gasteiger partial charge in [0.25, 0.3) is 5.91 Å². The molecule has 102 valence electrons. The second-order valence-corrected chi connectivity index (χ2v) is 4.73. The maximum absolute atomic E-state index is 11.9. The fourth-order valence-electron chi connectivity index (χ4n) is 1.73. The van der Waals surface area contributed by atoms with Crippen LogP contribution in [0.25, 0.3) is 0 Å². The van der Waals surface area contributed by atoms with E-state index in [0.29, 0.717) is 0 Å². The van der Waals surface area contributed by atoms with Crippen LogP contribution in [-0.2, 0) is 0 Å². The summed E-state index contributed by atoms with van der Waals surface area (Å²) < 4.78 is 0. The van der Waals surface area contributed by atoms with Gasteiger partial charge in [0.1, 0.15) is 5.56 Å². The summed E-state index contributed by atoms with van der Waals surface area (Å²) in [6.07, 6.45) is 2.50. The van der Waals surface area contributed by atoms with E-state index in [0.717, 1.165) is 12.8 Å². The van der Waals surface area contributed by atoms with E-state index in [4.69, 9.17) is 11.6 Å². The molecule has 1 aliphatic carbocycles. The van der Waals surface area contributed by atoms with Crippen molar-refractivity contribution in [1.29, 1.82) is 0 Å². The first-order chi connectivity index (χ1) is 9.00. The van der Waals surface area contributed by atoms with E-state index in [1.807, 2.05) is 0 Å². The molecule has 2 N–H and O–H groups in total. The highest BCUT2D eigenvalue weighted by atomic mass is 35.5. The number of carbonyl (C=O) groups is 1. The number of nitrogens with one attached hydrogen (secondary N) is 1. The zero-order valence-corrected chi connectivity index (χ0v) is 10.6. The van der Waals surface area contributed by atoms with Crippen molar-refractivity contribution in [3.8, 4) is 0 Å². The highest BCUT2D eigenvalue weighted by molar-refractivity contribution is 6.32. The Morgan fingerprint density at radius 2 is 2.37 bits per heavy atom. The Bertz CT molecular complexity index is 519. The predicted molar refractivity (Wildman–Crippen MR) is 67.0 cm³/mol. The smallest absolute Gasteiger partial charge is 0.319 e. The lowest BCUT2D eigenvalue weighted by Gasteiger charge is -2.10. The minimum absolute atomic E-state index is 0.0700. The van der Waals surface area contributed by atoms with Crippen molar-refractivity contribution in [2.45, 2.75) is 18.9 Å². The molecule has 1 heterocycles. The lowest BCUT2D eigenvalue weighted by atomic mass is 10.2. The van der Waals surface area contributed by atoms with Crippen molar-refractivity contribution >= 4 is 23.2 Å². The fraction of sp³-hybridized carbons (Fsp3) is 0.455. The third kappa shape index (κ3) is 3.18. The molecule has 1 fully saturated rings. The molecule has 1 aliphatic rings. The van der Waals surface area contributed by atoms with E-state index in [-0.39, 0.29) is 23.2 Å². The number of nitro groups is 1. The summed E-state index contributed by atoms with van der Waals surface area (Å²) in [5.74, 6) is -0.424. The minimum Gasteiger partial charge on any atom is -0.391 e. The Hall–Kier alpha value is -1.73. The number of aliphatic hydroxyl groups is 1. The molecule has 0 saturated heterocycles. The van der Waals surface area contributed by atoms with Crippen molar-refractivity contribution < 1.29 is 14.8 Å². The standard InChI is InChI=1S/C11H12ClN3O4/c12-10-9(15(18)19)7(3-4-13-10)11(17)14-5-8(16)6-1-2-6/h3-4,6,8,16H,1-2,5H2,(H,14,17). The second kappa shape index (κ2) is 5.50. The number of aliphatic hydroxyl groups excluding tert-OH is 1.